The second kappa shape index (κ2) is 8.50. The molecule has 0 aliphatic heterocycles. The van der Waals surface area contributed by atoms with Crippen LogP contribution in [0.1, 0.15) is 20.3 Å². The number of carbonyl (C=O) groups excluding carboxylic acids is 1. The first-order valence-electron chi connectivity index (χ1n) is 7.72. The molecule has 0 heterocycles. The molecule has 0 aromatic heterocycles. The lowest BCUT2D eigenvalue weighted by Crippen LogP contribution is -2.26. The molecule has 2 rings (SSSR count). The quantitative estimate of drug-likeness (QED) is 0.651. The number of hydrogen-bond acceptors (Lipinski definition) is 5. The number of rotatable bonds is 7. The maximum absolute atomic E-state index is 14.1. The maximum atomic E-state index is 14.1. The highest BCUT2D eigenvalue weighted by Crippen LogP contribution is 2.39. The first kappa shape index (κ1) is 20.2. The molecule has 1 amide bonds. The van der Waals surface area contributed by atoms with Gasteiger partial charge in [0.05, 0.1) is 5.75 Å². The Balaban J connectivity index is 2.52. The van der Waals surface area contributed by atoms with E-state index in [1.54, 1.807) is 13.0 Å². The van der Waals surface area contributed by atoms with Gasteiger partial charge in [0.1, 0.15) is 4.90 Å². The smallest absolute Gasteiger partial charge is 0.252 e. The first-order valence-corrected chi connectivity index (χ1v) is 10.2. The van der Waals surface area contributed by atoms with E-state index in [1.807, 2.05) is 0 Å². The minimum absolute atomic E-state index is 0.0522. The molecule has 0 saturated heterocycles. The van der Waals surface area contributed by atoms with Crippen LogP contribution in [0.25, 0.3) is 0 Å². The number of hydroxylamine groups is 1. The molecule has 9 heteroatoms. The highest BCUT2D eigenvalue weighted by atomic mass is 79.9. The number of para-hydroxylation sites is 1. The van der Waals surface area contributed by atoms with Crippen LogP contribution in [-0.4, -0.2) is 20.1 Å². The topological polar surface area (TPSA) is 81.7 Å². The van der Waals surface area contributed by atoms with Gasteiger partial charge in [0.15, 0.2) is 32.9 Å². The third-order valence-corrected chi connectivity index (χ3v) is 5.60. The van der Waals surface area contributed by atoms with E-state index in [9.17, 15) is 17.6 Å². The fourth-order valence-corrected chi connectivity index (χ4v) is 3.28. The molecule has 0 saturated carbocycles. The number of amides is 1. The van der Waals surface area contributed by atoms with E-state index in [2.05, 4.69) is 21.4 Å². The summed E-state index contributed by atoms with van der Waals surface area (Å²) in [6.07, 6.45) is 0.171. The third kappa shape index (κ3) is 4.73. The number of halogens is 2. The number of sulfone groups is 1. The van der Waals surface area contributed by atoms with Gasteiger partial charge in [0, 0.05) is 10.9 Å². The van der Waals surface area contributed by atoms with Gasteiger partial charge in [-0.15, -0.1) is 0 Å². The van der Waals surface area contributed by atoms with Gasteiger partial charge in [0.2, 0.25) is 0 Å². The van der Waals surface area contributed by atoms with Crippen LogP contribution >= 0.6 is 15.9 Å². The summed E-state index contributed by atoms with van der Waals surface area (Å²) in [4.78, 5) is 16.4. The summed E-state index contributed by atoms with van der Waals surface area (Å²) in [5, 5.41) is 0. The highest BCUT2D eigenvalue weighted by molar-refractivity contribution is 9.10. The van der Waals surface area contributed by atoms with Gasteiger partial charge in [-0.25, -0.2) is 12.8 Å². The second-order valence-electron chi connectivity index (χ2n) is 5.14. The number of nitrogens with one attached hydrogen (secondary N) is 1. The van der Waals surface area contributed by atoms with Crippen molar-refractivity contribution < 1.29 is 27.2 Å². The maximum Gasteiger partial charge on any atom is 0.252 e. The number of hydrogen-bond donors (Lipinski definition) is 1. The van der Waals surface area contributed by atoms with E-state index < -0.39 is 21.6 Å². The molecule has 0 radical (unpaired) electrons. The lowest BCUT2D eigenvalue weighted by molar-refractivity contribution is -0.127. The third-order valence-electron chi connectivity index (χ3n) is 3.36. The molecule has 0 unspecified atom stereocenters. The van der Waals surface area contributed by atoms with E-state index in [0.29, 0.717) is 4.47 Å². The second-order valence-corrected chi connectivity index (χ2v) is 8.31. The van der Waals surface area contributed by atoms with E-state index >= 15 is 0 Å². The van der Waals surface area contributed by atoms with Crippen molar-refractivity contribution in [2.45, 2.75) is 25.2 Å². The van der Waals surface area contributed by atoms with Gasteiger partial charge in [-0.3, -0.25) is 4.79 Å². The molecule has 26 heavy (non-hydrogen) atoms. The Morgan fingerprint density at radius 2 is 1.92 bits per heavy atom. The molecular formula is C17H17BrFNO5S. The summed E-state index contributed by atoms with van der Waals surface area (Å²) in [6, 6.07) is 8.28. The van der Waals surface area contributed by atoms with Gasteiger partial charge < -0.3 is 9.57 Å². The van der Waals surface area contributed by atoms with Crippen LogP contribution < -0.4 is 15.1 Å². The molecule has 0 aliphatic carbocycles. The van der Waals surface area contributed by atoms with E-state index in [4.69, 9.17) is 9.57 Å². The highest BCUT2D eigenvalue weighted by Gasteiger charge is 2.24. The van der Waals surface area contributed by atoms with Crippen molar-refractivity contribution in [3.8, 4) is 17.2 Å². The Kier molecular flexibility index (Phi) is 6.60. The van der Waals surface area contributed by atoms with Crippen molar-refractivity contribution in [2.24, 2.45) is 0 Å². The summed E-state index contributed by atoms with van der Waals surface area (Å²) < 4.78 is 44.9. The molecule has 0 atom stereocenters. The SMILES string of the molecule is CCC(=O)NOc1cccc(S(=O)(=O)CC)c1Oc1ccc(Br)cc1F. The van der Waals surface area contributed by atoms with E-state index in [-0.39, 0.29) is 34.3 Å². The summed E-state index contributed by atoms with van der Waals surface area (Å²) in [6.45, 7) is 3.11. The summed E-state index contributed by atoms with van der Waals surface area (Å²) in [5.41, 5.74) is 2.18. The van der Waals surface area contributed by atoms with Crippen LogP contribution in [0.4, 0.5) is 4.39 Å². The zero-order valence-corrected chi connectivity index (χ0v) is 16.5. The van der Waals surface area contributed by atoms with E-state index in [0.717, 1.165) is 0 Å². The molecule has 0 bridgehead atoms. The fraction of sp³-hybridized carbons (Fsp3) is 0.235. The average Bonchev–Trinajstić information content (AvgIpc) is 2.62. The van der Waals surface area contributed by atoms with Gasteiger partial charge in [-0.05, 0) is 30.3 Å². The minimum Gasteiger partial charge on any atom is -0.449 e. The van der Waals surface area contributed by atoms with Crippen molar-refractivity contribution >= 4 is 31.7 Å². The molecule has 1 N–H and O–H groups in total. The Morgan fingerprint density at radius 3 is 2.54 bits per heavy atom. The Bertz CT molecular complexity index is 917. The van der Waals surface area contributed by atoms with Gasteiger partial charge in [-0.1, -0.05) is 35.8 Å². The zero-order chi connectivity index (χ0) is 19.3. The zero-order valence-electron chi connectivity index (χ0n) is 14.1. The van der Waals surface area contributed by atoms with Crippen molar-refractivity contribution in [1.29, 1.82) is 0 Å². The molecule has 140 valence electrons. The molecule has 0 spiro atoms. The van der Waals surface area contributed by atoms with Crippen LogP contribution in [-0.2, 0) is 14.6 Å². The molecule has 0 fully saturated rings. The van der Waals surface area contributed by atoms with Crippen molar-refractivity contribution in [2.75, 3.05) is 5.75 Å². The first-order chi connectivity index (χ1) is 12.3. The predicted molar refractivity (Wildman–Crippen MR) is 97.4 cm³/mol. The molecule has 2 aromatic rings. The van der Waals surface area contributed by atoms with Crippen molar-refractivity contribution in [1.82, 2.24) is 5.48 Å². The van der Waals surface area contributed by atoms with Crippen LogP contribution in [0.15, 0.2) is 45.8 Å². The van der Waals surface area contributed by atoms with Crippen molar-refractivity contribution in [3.05, 3.63) is 46.7 Å². The summed E-state index contributed by atoms with van der Waals surface area (Å²) in [5.74, 6) is -1.72. The fourth-order valence-electron chi connectivity index (χ4n) is 1.93. The Labute approximate surface area is 159 Å². The number of ether oxygens (including phenoxy) is 1. The summed E-state index contributed by atoms with van der Waals surface area (Å²) >= 11 is 3.14. The molecular weight excluding hydrogens is 429 g/mol. The monoisotopic (exact) mass is 445 g/mol. The van der Waals surface area contributed by atoms with Gasteiger partial charge >= 0.3 is 0 Å². The van der Waals surface area contributed by atoms with Crippen LogP contribution in [0.5, 0.6) is 17.2 Å². The predicted octanol–water partition coefficient (Wildman–Crippen LogP) is 3.99. The lowest BCUT2D eigenvalue weighted by atomic mass is 10.3. The normalized spacial score (nSPS) is 11.1. The number of carbonyl (C=O) groups is 1. The molecule has 0 aliphatic rings. The lowest BCUT2D eigenvalue weighted by Gasteiger charge is -2.16. The Hall–Kier alpha value is -2.13. The molecule has 2 aromatic carbocycles. The summed E-state index contributed by atoms with van der Waals surface area (Å²) in [7, 11) is -3.69. The standard InChI is InChI=1S/C17H17BrFNO5S/c1-3-16(21)20-25-14-6-5-7-15(26(22,23)4-2)17(14)24-13-9-8-11(18)10-12(13)19/h5-10H,3-4H2,1-2H3,(H,20,21). The minimum atomic E-state index is -3.69. The van der Waals surface area contributed by atoms with Gasteiger partial charge in [-0.2, -0.15) is 5.48 Å². The van der Waals surface area contributed by atoms with Crippen LogP contribution in [0, 0.1) is 5.82 Å². The van der Waals surface area contributed by atoms with Crippen molar-refractivity contribution in [3.63, 3.8) is 0 Å². The van der Waals surface area contributed by atoms with Gasteiger partial charge in [0.25, 0.3) is 5.91 Å². The largest absolute Gasteiger partial charge is 0.449 e. The van der Waals surface area contributed by atoms with Crippen LogP contribution in [0.2, 0.25) is 0 Å². The Morgan fingerprint density at radius 1 is 1.19 bits per heavy atom. The number of benzene rings is 2. The van der Waals surface area contributed by atoms with Crippen LogP contribution in [0.3, 0.4) is 0 Å². The molecule has 6 nitrogen and oxygen atoms in total. The average molecular weight is 446 g/mol. The van der Waals surface area contributed by atoms with E-state index in [1.165, 1.54) is 37.3 Å².